The highest BCUT2D eigenvalue weighted by Gasteiger charge is 2.11. The van der Waals surface area contributed by atoms with Gasteiger partial charge in [0.2, 0.25) is 5.91 Å². The molecule has 9 heteroatoms. The molecule has 0 aliphatic carbocycles. The first kappa shape index (κ1) is 28.6. The van der Waals surface area contributed by atoms with E-state index >= 15 is 0 Å². The molecule has 1 fully saturated rings. The summed E-state index contributed by atoms with van der Waals surface area (Å²) >= 11 is 0. The Morgan fingerprint density at radius 3 is 2.43 bits per heavy atom. The summed E-state index contributed by atoms with van der Waals surface area (Å²) in [5.74, 6) is 1.78. The molecule has 0 unspecified atom stereocenters. The Morgan fingerprint density at radius 1 is 1.11 bits per heavy atom. The van der Waals surface area contributed by atoms with Crippen LogP contribution in [0.3, 0.4) is 0 Å². The van der Waals surface area contributed by atoms with Crippen LogP contribution in [0.2, 0.25) is 0 Å². The Morgan fingerprint density at radius 2 is 1.83 bits per heavy atom. The Hall–Kier alpha value is -2.65. The largest absolute Gasteiger partial charge is 0.383 e. The number of ether oxygens (including phenoxy) is 1. The maximum absolute atomic E-state index is 10.7. The number of fused-ring (bicyclic) bond motifs is 1. The molecule has 2 N–H and O–H groups in total. The summed E-state index contributed by atoms with van der Waals surface area (Å²) in [4.78, 5) is 25.9. The maximum atomic E-state index is 10.7. The zero-order valence-electron chi connectivity index (χ0n) is 22.2. The summed E-state index contributed by atoms with van der Waals surface area (Å²) in [6, 6.07) is 5.68. The number of hydrogen-bond donors (Lipinski definition) is 1. The van der Waals surface area contributed by atoms with Crippen LogP contribution in [0.1, 0.15) is 40.0 Å². The molecule has 0 radical (unpaired) electrons. The van der Waals surface area contributed by atoms with E-state index in [4.69, 9.17) is 15.5 Å². The number of nitrogens with zero attached hydrogens (tertiary/aromatic N) is 5. The minimum atomic E-state index is -0.538. The van der Waals surface area contributed by atoms with E-state index in [-0.39, 0.29) is 5.91 Å². The highest BCUT2D eigenvalue weighted by atomic mass is 32.3. The Balaban J connectivity index is 0.000000329. The van der Waals surface area contributed by atoms with Gasteiger partial charge in [0.15, 0.2) is 5.65 Å². The molecule has 3 aromatic heterocycles. The van der Waals surface area contributed by atoms with Gasteiger partial charge in [0.25, 0.3) is 0 Å². The number of carbonyl (C=O) groups excluding carboxylic acids is 1. The van der Waals surface area contributed by atoms with Crippen LogP contribution in [0.4, 0.5) is 5.82 Å². The van der Waals surface area contributed by atoms with E-state index in [9.17, 15) is 4.79 Å². The number of nitrogen functional groups attached to an aromatic ring is 1. The number of anilines is 1. The van der Waals surface area contributed by atoms with E-state index in [0.717, 1.165) is 42.2 Å². The second-order valence-corrected chi connectivity index (χ2v) is 13.7. The Bertz CT molecular complexity index is 1060. The van der Waals surface area contributed by atoms with Crippen molar-refractivity contribution in [2.45, 2.75) is 46.8 Å². The molecule has 0 atom stereocenters. The smallest absolute Gasteiger partial charge is 0.219 e. The highest BCUT2D eigenvalue weighted by Crippen LogP contribution is 2.33. The van der Waals surface area contributed by atoms with Gasteiger partial charge in [-0.2, -0.15) is 0 Å². The fourth-order valence-electron chi connectivity index (χ4n) is 3.50. The number of aromatic nitrogens is 4. The molecule has 194 valence electrons. The van der Waals surface area contributed by atoms with Gasteiger partial charge in [-0.25, -0.2) is 20.0 Å². The SMILES string of the molecule is CC.CC(=O)N1CCCCC1.CS(C)(C)CCOCn1ccc2ncc(-c3cccnc3N)nc21. The van der Waals surface area contributed by atoms with E-state index in [1.807, 2.05) is 47.7 Å². The van der Waals surface area contributed by atoms with Crippen molar-refractivity contribution in [2.24, 2.45) is 0 Å². The molecule has 1 aliphatic rings. The van der Waals surface area contributed by atoms with Crippen molar-refractivity contribution in [3.05, 3.63) is 36.8 Å². The van der Waals surface area contributed by atoms with Crippen LogP contribution >= 0.6 is 10.0 Å². The van der Waals surface area contributed by atoms with Crippen molar-refractivity contribution >= 4 is 32.9 Å². The lowest BCUT2D eigenvalue weighted by atomic mass is 10.1. The normalized spacial score (nSPS) is 13.9. The van der Waals surface area contributed by atoms with Crippen LogP contribution in [0.5, 0.6) is 0 Å². The fourth-order valence-corrected chi connectivity index (χ4v) is 4.12. The number of hydrogen-bond acceptors (Lipinski definition) is 6. The molecule has 0 spiro atoms. The number of amides is 1. The second kappa shape index (κ2) is 14.0. The van der Waals surface area contributed by atoms with Crippen LogP contribution in [0, 0.1) is 0 Å². The van der Waals surface area contributed by atoms with E-state index in [2.05, 4.69) is 28.7 Å². The molecule has 1 aliphatic heterocycles. The fraction of sp³-hybridized carbons (Fsp3) is 0.538. The predicted octanol–water partition coefficient (Wildman–Crippen LogP) is 4.79. The average Bonchev–Trinajstić information content (AvgIpc) is 3.26. The summed E-state index contributed by atoms with van der Waals surface area (Å²) in [5.41, 5.74) is 9.07. The lowest BCUT2D eigenvalue weighted by Gasteiger charge is -2.24. The number of rotatable bonds is 6. The quantitative estimate of drug-likeness (QED) is 0.487. The third kappa shape index (κ3) is 9.14. The van der Waals surface area contributed by atoms with Crippen LogP contribution < -0.4 is 5.73 Å². The zero-order chi connectivity index (χ0) is 25.8. The molecular weight excluding hydrogens is 460 g/mol. The monoisotopic (exact) mass is 502 g/mol. The van der Waals surface area contributed by atoms with Gasteiger partial charge in [-0.15, -0.1) is 0 Å². The van der Waals surface area contributed by atoms with Gasteiger partial charge in [0.05, 0.1) is 18.5 Å². The maximum Gasteiger partial charge on any atom is 0.219 e. The van der Waals surface area contributed by atoms with Crippen molar-refractivity contribution in [2.75, 3.05) is 50.0 Å². The molecule has 1 saturated heterocycles. The zero-order valence-corrected chi connectivity index (χ0v) is 23.0. The number of pyridine rings is 1. The number of carbonyl (C=O) groups is 1. The highest BCUT2D eigenvalue weighted by molar-refractivity contribution is 8.32. The lowest BCUT2D eigenvalue weighted by Crippen LogP contribution is -2.33. The Labute approximate surface area is 211 Å². The number of nitrogens with two attached hydrogens (primary N) is 1. The lowest BCUT2D eigenvalue weighted by molar-refractivity contribution is -0.129. The first-order valence-corrected chi connectivity index (χ1v) is 15.3. The number of likely N-dealkylation sites (tertiary alicyclic amines) is 1. The standard InChI is InChI=1S/C17H23N5OS.C7H13NO.C2H6/c1-24(2,3)10-9-23-12-22-8-6-14-17(22)21-15(11-20-14)13-5-4-7-19-16(13)18;1-7(9)8-5-3-2-4-6-8;1-2/h4-8,11H,9-10,12H2,1-3H3,(H2,18,19);2-6H2,1H3;1-2H3. The van der Waals surface area contributed by atoms with Crippen LogP contribution in [0.25, 0.3) is 22.4 Å². The first-order chi connectivity index (χ1) is 16.7. The minimum absolute atomic E-state index is 0.231. The third-order valence-corrected chi connectivity index (χ3v) is 6.84. The second-order valence-electron chi connectivity index (χ2n) is 9.08. The van der Waals surface area contributed by atoms with Gasteiger partial charge >= 0.3 is 0 Å². The molecule has 1 amide bonds. The predicted molar refractivity (Wildman–Crippen MR) is 149 cm³/mol. The molecule has 3 aromatic rings. The molecule has 0 aromatic carbocycles. The summed E-state index contributed by atoms with van der Waals surface area (Å²) < 4.78 is 7.78. The van der Waals surface area contributed by atoms with Crippen molar-refractivity contribution in [1.82, 2.24) is 24.4 Å². The third-order valence-electron chi connectivity index (χ3n) is 5.45. The van der Waals surface area contributed by atoms with Gasteiger partial charge in [-0.1, -0.05) is 13.8 Å². The van der Waals surface area contributed by atoms with Gasteiger partial charge in [-0.3, -0.25) is 9.78 Å². The van der Waals surface area contributed by atoms with Gasteiger partial charge < -0.3 is 19.9 Å². The Kier molecular flexibility index (Phi) is 11.5. The topological polar surface area (TPSA) is 99.2 Å². The molecule has 4 rings (SSSR count). The van der Waals surface area contributed by atoms with E-state index in [1.54, 1.807) is 19.3 Å². The van der Waals surface area contributed by atoms with Crippen molar-refractivity contribution in [3.63, 3.8) is 0 Å². The molecule has 35 heavy (non-hydrogen) atoms. The summed E-state index contributed by atoms with van der Waals surface area (Å²) in [6.45, 7) is 8.83. The molecule has 0 saturated carbocycles. The molecule has 8 nitrogen and oxygen atoms in total. The van der Waals surface area contributed by atoms with Crippen LogP contribution in [0.15, 0.2) is 36.8 Å². The van der Waals surface area contributed by atoms with Gasteiger partial charge in [0, 0.05) is 43.7 Å². The van der Waals surface area contributed by atoms with E-state index in [1.165, 1.54) is 19.3 Å². The van der Waals surface area contributed by atoms with Gasteiger partial charge in [-0.05, 0) is 56.2 Å². The first-order valence-electron chi connectivity index (χ1n) is 12.3. The van der Waals surface area contributed by atoms with E-state index < -0.39 is 10.0 Å². The molecule has 4 heterocycles. The average molecular weight is 503 g/mol. The van der Waals surface area contributed by atoms with Crippen molar-refractivity contribution in [1.29, 1.82) is 0 Å². The summed E-state index contributed by atoms with van der Waals surface area (Å²) in [5, 5.41) is 0. The summed E-state index contributed by atoms with van der Waals surface area (Å²) in [7, 11) is -0.538. The van der Waals surface area contributed by atoms with E-state index in [0.29, 0.717) is 18.2 Å². The van der Waals surface area contributed by atoms with Crippen molar-refractivity contribution in [3.8, 4) is 11.3 Å². The van der Waals surface area contributed by atoms with Crippen LogP contribution in [-0.4, -0.2) is 74.5 Å². The molecular formula is C26H42N6O2S. The molecule has 0 bridgehead atoms. The van der Waals surface area contributed by atoms with Gasteiger partial charge in [0.1, 0.15) is 18.1 Å². The van der Waals surface area contributed by atoms with Crippen LogP contribution in [-0.2, 0) is 16.3 Å². The summed E-state index contributed by atoms with van der Waals surface area (Å²) in [6.07, 6.45) is 15.9. The number of piperidine rings is 1. The minimum Gasteiger partial charge on any atom is -0.383 e. The van der Waals surface area contributed by atoms with Crippen molar-refractivity contribution < 1.29 is 9.53 Å².